The fraction of sp³-hybridized carbons (Fsp3) is 0.250. The van der Waals surface area contributed by atoms with E-state index in [9.17, 15) is 14.4 Å². The number of hydrogen-bond donors (Lipinski definition) is 2. The van der Waals surface area contributed by atoms with Gasteiger partial charge in [-0.05, 0) is 68.8 Å². The number of hydrogen-bond acceptors (Lipinski definition) is 5. The first kappa shape index (κ1) is 21.2. The zero-order valence-corrected chi connectivity index (χ0v) is 16.4. The number of nitrogens with two attached hydrogens (primary N) is 1. The molecule has 8 heteroatoms. The number of primary amides is 1. The van der Waals surface area contributed by atoms with E-state index in [4.69, 9.17) is 26.8 Å². The van der Waals surface area contributed by atoms with Gasteiger partial charge in [0.1, 0.15) is 5.75 Å². The van der Waals surface area contributed by atoms with Gasteiger partial charge in [-0.2, -0.15) is 0 Å². The van der Waals surface area contributed by atoms with E-state index in [2.05, 4.69) is 5.32 Å². The molecule has 2 amide bonds. The van der Waals surface area contributed by atoms with Crippen molar-refractivity contribution in [3.8, 4) is 5.75 Å². The highest BCUT2D eigenvalue weighted by atomic mass is 35.5. The normalized spacial score (nSPS) is 12.6. The second-order valence-electron chi connectivity index (χ2n) is 6.18. The van der Waals surface area contributed by atoms with Gasteiger partial charge in [-0.15, -0.1) is 0 Å². The van der Waals surface area contributed by atoms with Crippen molar-refractivity contribution in [3.63, 3.8) is 0 Å². The molecule has 0 radical (unpaired) electrons. The topological polar surface area (TPSA) is 108 Å². The van der Waals surface area contributed by atoms with Gasteiger partial charge in [0.2, 0.25) is 5.91 Å². The van der Waals surface area contributed by atoms with Crippen molar-refractivity contribution in [1.82, 2.24) is 0 Å². The Labute approximate surface area is 167 Å². The largest absolute Gasteiger partial charge is 0.479 e. The minimum absolute atomic E-state index is 0.320. The lowest BCUT2D eigenvalue weighted by Gasteiger charge is -2.18. The van der Waals surface area contributed by atoms with Crippen LogP contribution < -0.4 is 15.8 Å². The molecule has 0 bridgehead atoms. The Hall–Kier alpha value is -3.06. The quantitative estimate of drug-likeness (QED) is 0.689. The Morgan fingerprint density at radius 1 is 1.04 bits per heavy atom. The van der Waals surface area contributed by atoms with Gasteiger partial charge in [0.25, 0.3) is 5.91 Å². The van der Waals surface area contributed by atoms with Gasteiger partial charge in [0, 0.05) is 16.3 Å². The standard InChI is InChI=1S/C20H21ClN2O5/c1-11-10-15(21)6-9-17(11)27-13(3)20(26)28-12(2)19(25)23-16-7-4-14(5-8-16)18(22)24/h4-10,12-13H,1-3H3,(H2,22,24)(H,23,25). The van der Waals surface area contributed by atoms with Crippen LogP contribution in [0.1, 0.15) is 29.8 Å². The lowest BCUT2D eigenvalue weighted by atomic mass is 10.2. The van der Waals surface area contributed by atoms with E-state index in [1.807, 2.05) is 0 Å². The average molecular weight is 405 g/mol. The molecule has 3 N–H and O–H groups in total. The molecule has 148 valence electrons. The summed E-state index contributed by atoms with van der Waals surface area (Å²) in [4.78, 5) is 35.5. The molecule has 0 aromatic heterocycles. The maximum atomic E-state index is 12.2. The first-order valence-electron chi connectivity index (χ1n) is 8.51. The summed E-state index contributed by atoms with van der Waals surface area (Å²) >= 11 is 5.90. The van der Waals surface area contributed by atoms with Crippen LogP contribution in [-0.4, -0.2) is 30.0 Å². The zero-order valence-electron chi connectivity index (χ0n) is 15.7. The third-order valence-electron chi connectivity index (χ3n) is 3.87. The molecule has 0 fully saturated rings. The van der Waals surface area contributed by atoms with Crippen molar-refractivity contribution >= 4 is 35.1 Å². The maximum absolute atomic E-state index is 12.2. The van der Waals surface area contributed by atoms with Crippen LogP contribution in [0.25, 0.3) is 0 Å². The van der Waals surface area contributed by atoms with Crippen molar-refractivity contribution < 1.29 is 23.9 Å². The molecule has 0 heterocycles. The van der Waals surface area contributed by atoms with Crippen molar-refractivity contribution in [3.05, 3.63) is 58.6 Å². The van der Waals surface area contributed by atoms with E-state index >= 15 is 0 Å². The maximum Gasteiger partial charge on any atom is 0.347 e. The Bertz CT molecular complexity index is 883. The van der Waals surface area contributed by atoms with E-state index in [-0.39, 0.29) is 0 Å². The molecule has 7 nitrogen and oxygen atoms in total. The number of anilines is 1. The number of aryl methyl sites for hydroxylation is 1. The minimum Gasteiger partial charge on any atom is -0.479 e. The van der Waals surface area contributed by atoms with Gasteiger partial charge in [-0.3, -0.25) is 9.59 Å². The fourth-order valence-electron chi connectivity index (χ4n) is 2.27. The molecule has 0 aliphatic heterocycles. The Kier molecular flexibility index (Phi) is 7.00. The van der Waals surface area contributed by atoms with Gasteiger partial charge >= 0.3 is 5.97 Å². The summed E-state index contributed by atoms with van der Waals surface area (Å²) in [5.74, 6) is -1.26. The van der Waals surface area contributed by atoms with Crippen LogP contribution in [0.15, 0.2) is 42.5 Å². The molecule has 0 spiro atoms. The smallest absolute Gasteiger partial charge is 0.347 e. The number of amides is 2. The molecule has 2 aromatic rings. The summed E-state index contributed by atoms with van der Waals surface area (Å²) in [6.07, 6.45) is -1.95. The van der Waals surface area contributed by atoms with E-state index in [1.165, 1.54) is 38.1 Å². The van der Waals surface area contributed by atoms with Crippen LogP contribution >= 0.6 is 11.6 Å². The Balaban J connectivity index is 1.91. The lowest BCUT2D eigenvalue weighted by molar-refractivity contribution is -0.159. The predicted molar refractivity (Wildman–Crippen MR) is 105 cm³/mol. The third kappa shape index (κ3) is 5.72. The van der Waals surface area contributed by atoms with Gasteiger partial charge in [0.05, 0.1) is 0 Å². The van der Waals surface area contributed by atoms with Crippen LogP contribution in [0, 0.1) is 6.92 Å². The summed E-state index contributed by atoms with van der Waals surface area (Å²) in [5, 5.41) is 3.16. The molecule has 2 rings (SSSR count). The van der Waals surface area contributed by atoms with Crippen LogP contribution in [0.5, 0.6) is 5.75 Å². The Morgan fingerprint density at radius 2 is 1.68 bits per heavy atom. The molecule has 0 saturated heterocycles. The first-order chi connectivity index (χ1) is 13.2. The number of ether oxygens (including phenoxy) is 2. The molecule has 2 unspecified atom stereocenters. The number of nitrogens with one attached hydrogen (secondary N) is 1. The first-order valence-corrected chi connectivity index (χ1v) is 8.89. The van der Waals surface area contributed by atoms with Gasteiger partial charge in [0.15, 0.2) is 12.2 Å². The number of esters is 1. The van der Waals surface area contributed by atoms with E-state index in [0.717, 1.165) is 5.56 Å². The average Bonchev–Trinajstić information content (AvgIpc) is 2.64. The van der Waals surface area contributed by atoms with Crippen molar-refractivity contribution in [2.24, 2.45) is 5.73 Å². The fourth-order valence-corrected chi connectivity index (χ4v) is 2.50. The number of rotatable bonds is 7. The van der Waals surface area contributed by atoms with Crippen LogP contribution in [-0.2, 0) is 14.3 Å². The second-order valence-corrected chi connectivity index (χ2v) is 6.62. The minimum atomic E-state index is -1.04. The number of benzene rings is 2. The number of carbonyl (C=O) groups excluding carboxylic acids is 3. The molecule has 0 saturated carbocycles. The summed E-state index contributed by atoms with van der Waals surface area (Å²) < 4.78 is 10.8. The summed E-state index contributed by atoms with van der Waals surface area (Å²) in [7, 11) is 0. The summed E-state index contributed by atoms with van der Waals surface area (Å²) in [6.45, 7) is 4.79. The second kappa shape index (κ2) is 9.23. The highest BCUT2D eigenvalue weighted by Crippen LogP contribution is 2.23. The zero-order chi connectivity index (χ0) is 20.8. The predicted octanol–water partition coefficient (Wildman–Crippen LogP) is 3.09. The third-order valence-corrected chi connectivity index (χ3v) is 4.11. The highest BCUT2D eigenvalue weighted by molar-refractivity contribution is 6.30. The monoisotopic (exact) mass is 404 g/mol. The number of carbonyl (C=O) groups is 3. The number of halogens is 1. The lowest BCUT2D eigenvalue weighted by Crippen LogP contribution is -2.35. The summed E-state index contributed by atoms with van der Waals surface area (Å²) in [5.41, 5.74) is 6.71. The van der Waals surface area contributed by atoms with E-state index in [0.29, 0.717) is 22.0 Å². The van der Waals surface area contributed by atoms with Gasteiger partial charge in [-0.1, -0.05) is 11.6 Å². The highest BCUT2D eigenvalue weighted by Gasteiger charge is 2.23. The molecule has 0 aliphatic carbocycles. The molecule has 28 heavy (non-hydrogen) atoms. The van der Waals surface area contributed by atoms with Crippen molar-refractivity contribution in [1.29, 1.82) is 0 Å². The summed E-state index contributed by atoms with van der Waals surface area (Å²) in [6, 6.07) is 11.1. The van der Waals surface area contributed by atoms with Gasteiger partial charge < -0.3 is 20.5 Å². The molecule has 2 aromatic carbocycles. The molecular formula is C20H21ClN2O5. The van der Waals surface area contributed by atoms with Crippen LogP contribution in [0.3, 0.4) is 0 Å². The molecule has 0 aliphatic rings. The molecular weight excluding hydrogens is 384 g/mol. The van der Waals surface area contributed by atoms with Crippen molar-refractivity contribution in [2.75, 3.05) is 5.32 Å². The van der Waals surface area contributed by atoms with Crippen LogP contribution in [0.4, 0.5) is 5.69 Å². The molecule has 2 atom stereocenters. The SMILES string of the molecule is Cc1cc(Cl)ccc1OC(C)C(=O)OC(C)C(=O)Nc1ccc(C(N)=O)cc1. The van der Waals surface area contributed by atoms with Gasteiger partial charge in [-0.25, -0.2) is 4.79 Å². The van der Waals surface area contributed by atoms with Crippen LogP contribution in [0.2, 0.25) is 5.02 Å². The van der Waals surface area contributed by atoms with E-state index < -0.39 is 30.0 Å². The Morgan fingerprint density at radius 3 is 2.25 bits per heavy atom. The van der Waals surface area contributed by atoms with Crippen molar-refractivity contribution in [2.45, 2.75) is 33.0 Å². The van der Waals surface area contributed by atoms with E-state index in [1.54, 1.807) is 25.1 Å².